The normalized spacial score (nSPS) is 11.0. The van der Waals surface area contributed by atoms with Crippen LogP contribution < -0.4 is 11.1 Å². The Bertz CT molecular complexity index is 204. The molecule has 76 valence electrons. The standard InChI is InChI=1S/C8H16N2OS2/c1-8(2,13-3)5-10-7(11)4-6(9)12/h4-5H2,1-3H3,(H2,9,12)(H,10,11). The summed E-state index contributed by atoms with van der Waals surface area (Å²) in [6, 6.07) is 0. The Morgan fingerprint density at radius 3 is 2.54 bits per heavy atom. The Labute approximate surface area is 88.8 Å². The zero-order valence-electron chi connectivity index (χ0n) is 8.22. The van der Waals surface area contributed by atoms with Gasteiger partial charge < -0.3 is 11.1 Å². The van der Waals surface area contributed by atoms with Crippen molar-refractivity contribution in [1.82, 2.24) is 5.32 Å². The van der Waals surface area contributed by atoms with Crippen molar-refractivity contribution in [2.75, 3.05) is 12.8 Å². The molecule has 5 heteroatoms. The number of thiocarbonyl (C=S) groups is 1. The number of thioether (sulfide) groups is 1. The first-order valence-corrected chi connectivity index (χ1v) is 5.61. The van der Waals surface area contributed by atoms with E-state index in [0.29, 0.717) is 6.54 Å². The van der Waals surface area contributed by atoms with Crippen LogP contribution in [0.2, 0.25) is 0 Å². The molecule has 3 nitrogen and oxygen atoms in total. The molecular formula is C8H16N2OS2. The molecule has 0 rings (SSSR count). The van der Waals surface area contributed by atoms with Crippen LogP contribution >= 0.6 is 24.0 Å². The second-order valence-corrected chi connectivity index (χ2v) is 5.42. The molecule has 0 heterocycles. The summed E-state index contributed by atoms with van der Waals surface area (Å²) < 4.78 is 0.0614. The second-order valence-electron chi connectivity index (χ2n) is 3.38. The lowest BCUT2D eigenvalue weighted by Gasteiger charge is -2.22. The molecule has 0 aliphatic heterocycles. The van der Waals surface area contributed by atoms with Crippen LogP contribution in [0.15, 0.2) is 0 Å². The minimum absolute atomic E-state index is 0.0614. The fraction of sp³-hybridized carbons (Fsp3) is 0.750. The van der Waals surface area contributed by atoms with Gasteiger partial charge in [0.15, 0.2) is 0 Å². The molecule has 1 amide bonds. The number of nitrogens with two attached hydrogens (primary N) is 1. The van der Waals surface area contributed by atoms with Crippen molar-refractivity contribution in [1.29, 1.82) is 0 Å². The highest BCUT2D eigenvalue weighted by Crippen LogP contribution is 2.19. The molecule has 13 heavy (non-hydrogen) atoms. The number of carbonyl (C=O) groups excluding carboxylic acids is 1. The summed E-state index contributed by atoms with van der Waals surface area (Å²) in [5.74, 6) is -0.102. The Morgan fingerprint density at radius 2 is 2.15 bits per heavy atom. The average Bonchev–Trinajstić information content (AvgIpc) is 2.00. The predicted octanol–water partition coefficient (Wildman–Crippen LogP) is 0.920. The maximum Gasteiger partial charge on any atom is 0.226 e. The highest BCUT2D eigenvalue weighted by Gasteiger charge is 2.16. The number of hydrogen-bond donors (Lipinski definition) is 2. The molecule has 0 saturated heterocycles. The number of carbonyl (C=O) groups is 1. The summed E-state index contributed by atoms with van der Waals surface area (Å²) in [4.78, 5) is 11.4. The van der Waals surface area contributed by atoms with Crippen LogP contribution in [0.3, 0.4) is 0 Å². The Kier molecular flexibility index (Phi) is 5.32. The molecule has 0 unspecified atom stereocenters. The van der Waals surface area contributed by atoms with E-state index in [1.54, 1.807) is 11.8 Å². The van der Waals surface area contributed by atoms with E-state index in [9.17, 15) is 4.79 Å². The van der Waals surface area contributed by atoms with Gasteiger partial charge in [0.2, 0.25) is 5.91 Å². The van der Waals surface area contributed by atoms with Crippen molar-refractivity contribution in [2.24, 2.45) is 5.73 Å². The van der Waals surface area contributed by atoms with Gasteiger partial charge in [-0.1, -0.05) is 12.2 Å². The Hall–Kier alpha value is -0.290. The first-order valence-electron chi connectivity index (χ1n) is 3.97. The van der Waals surface area contributed by atoms with E-state index in [1.807, 2.05) is 6.26 Å². The Morgan fingerprint density at radius 1 is 1.62 bits per heavy atom. The second kappa shape index (κ2) is 5.44. The third kappa shape index (κ3) is 6.83. The molecule has 0 saturated carbocycles. The van der Waals surface area contributed by atoms with Gasteiger partial charge in [0, 0.05) is 11.3 Å². The molecule has 0 atom stereocenters. The van der Waals surface area contributed by atoms with Crippen molar-refractivity contribution in [2.45, 2.75) is 25.0 Å². The van der Waals surface area contributed by atoms with E-state index in [0.717, 1.165) is 0 Å². The number of rotatable bonds is 5. The minimum atomic E-state index is -0.102. The molecule has 0 aliphatic carbocycles. The zero-order chi connectivity index (χ0) is 10.5. The molecule has 0 spiro atoms. The van der Waals surface area contributed by atoms with E-state index in [1.165, 1.54) is 0 Å². The van der Waals surface area contributed by atoms with E-state index >= 15 is 0 Å². The van der Waals surface area contributed by atoms with Crippen LogP contribution in [-0.2, 0) is 4.79 Å². The average molecular weight is 220 g/mol. The third-order valence-electron chi connectivity index (χ3n) is 1.60. The van der Waals surface area contributed by atoms with Gasteiger partial charge >= 0.3 is 0 Å². The van der Waals surface area contributed by atoms with E-state index in [4.69, 9.17) is 5.73 Å². The first-order chi connectivity index (χ1) is 5.87. The van der Waals surface area contributed by atoms with Crippen LogP contribution in [0.5, 0.6) is 0 Å². The molecule has 0 bridgehead atoms. The summed E-state index contributed by atoms with van der Waals surface area (Å²) in [5.41, 5.74) is 5.23. The Balaban J connectivity index is 3.76. The van der Waals surface area contributed by atoms with Crippen molar-refractivity contribution in [3.63, 3.8) is 0 Å². The molecule has 3 N–H and O–H groups in total. The van der Waals surface area contributed by atoms with Gasteiger partial charge in [-0.05, 0) is 20.1 Å². The molecule has 0 fully saturated rings. The molecule has 0 aromatic heterocycles. The minimum Gasteiger partial charge on any atom is -0.393 e. The van der Waals surface area contributed by atoms with Gasteiger partial charge in [-0.25, -0.2) is 0 Å². The van der Waals surface area contributed by atoms with Gasteiger partial charge in [-0.2, -0.15) is 11.8 Å². The number of hydrogen-bond acceptors (Lipinski definition) is 3. The first kappa shape index (κ1) is 12.7. The van der Waals surface area contributed by atoms with E-state index in [-0.39, 0.29) is 22.1 Å². The summed E-state index contributed by atoms with van der Waals surface area (Å²) >= 11 is 6.33. The lowest BCUT2D eigenvalue weighted by molar-refractivity contribution is -0.119. The van der Waals surface area contributed by atoms with Gasteiger partial charge in [-0.15, -0.1) is 0 Å². The largest absolute Gasteiger partial charge is 0.393 e. The van der Waals surface area contributed by atoms with Crippen molar-refractivity contribution in [3.05, 3.63) is 0 Å². The van der Waals surface area contributed by atoms with Crippen LogP contribution in [0.1, 0.15) is 20.3 Å². The van der Waals surface area contributed by atoms with Gasteiger partial charge in [0.05, 0.1) is 11.4 Å². The quantitative estimate of drug-likeness (QED) is 0.677. The van der Waals surface area contributed by atoms with Crippen LogP contribution in [0, 0.1) is 0 Å². The molecule has 0 radical (unpaired) electrons. The fourth-order valence-electron chi connectivity index (χ4n) is 0.604. The highest BCUT2D eigenvalue weighted by molar-refractivity contribution is 7.99. The van der Waals surface area contributed by atoms with Crippen LogP contribution in [-0.4, -0.2) is 28.4 Å². The third-order valence-corrected chi connectivity index (χ3v) is 2.99. The predicted molar refractivity (Wildman–Crippen MR) is 62.0 cm³/mol. The van der Waals surface area contributed by atoms with Crippen LogP contribution in [0.4, 0.5) is 0 Å². The SMILES string of the molecule is CSC(C)(C)CNC(=O)CC(N)=S. The topological polar surface area (TPSA) is 55.1 Å². The summed E-state index contributed by atoms with van der Waals surface area (Å²) in [7, 11) is 0. The lowest BCUT2D eigenvalue weighted by Crippen LogP contribution is -2.37. The van der Waals surface area contributed by atoms with Gasteiger partial charge in [0.1, 0.15) is 0 Å². The smallest absolute Gasteiger partial charge is 0.226 e. The summed E-state index contributed by atoms with van der Waals surface area (Å²) in [6.07, 6.45) is 2.15. The van der Waals surface area contributed by atoms with E-state index < -0.39 is 0 Å². The maximum atomic E-state index is 11.1. The monoisotopic (exact) mass is 220 g/mol. The zero-order valence-corrected chi connectivity index (χ0v) is 9.85. The van der Waals surface area contributed by atoms with Crippen molar-refractivity contribution < 1.29 is 4.79 Å². The van der Waals surface area contributed by atoms with Crippen molar-refractivity contribution in [3.8, 4) is 0 Å². The summed E-state index contributed by atoms with van der Waals surface area (Å²) in [5, 5.41) is 2.78. The van der Waals surface area contributed by atoms with Gasteiger partial charge in [0.25, 0.3) is 0 Å². The number of amides is 1. The molecule has 0 aromatic rings. The molecule has 0 aromatic carbocycles. The molecular weight excluding hydrogens is 204 g/mol. The van der Waals surface area contributed by atoms with Gasteiger partial charge in [-0.3, -0.25) is 4.79 Å². The fourth-order valence-corrected chi connectivity index (χ4v) is 0.952. The number of nitrogens with one attached hydrogen (secondary N) is 1. The summed E-state index contributed by atoms with van der Waals surface area (Å²) in [6.45, 7) is 4.77. The van der Waals surface area contributed by atoms with Crippen molar-refractivity contribution >= 4 is 34.9 Å². The highest BCUT2D eigenvalue weighted by atomic mass is 32.2. The van der Waals surface area contributed by atoms with E-state index in [2.05, 4.69) is 31.4 Å². The molecule has 0 aliphatic rings. The lowest BCUT2D eigenvalue weighted by atomic mass is 10.2. The van der Waals surface area contributed by atoms with Crippen LogP contribution in [0.25, 0.3) is 0 Å². The maximum absolute atomic E-state index is 11.1.